The van der Waals surface area contributed by atoms with Crippen molar-refractivity contribution in [1.82, 2.24) is 9.88 Å². The van der Waals surface area contributed by atoms with E-state index in [9.17, 15) is 9.90 Å². The molecule has 2 unspecified atom stereocenters. The van der Waals surface area contributed by atoms with Crippen molar-refractivity contribution in [3.63, 3.8) is 0 Å². The predicted octanol–water partition coefficient (Wildman–Crippen LogP) is 1.27. The molecule has 2 N–H and O–H groups in total. The quantitative estimate of drug-likeness (QED) is 0.862. The van der Waals surface area contributed by atoms with Crippen LogP contribution in [0.2, 0.25) is 0 Å². The number of aliphatic hydroxyl groups excluding tert-OH is 1. The van der Waals surface area contributed by atoms with Gasteiger partial charge in [0.2, 0.25) is 0 Å². The smallest absolute Gasteiger partial charge is 0.254 e. The van der Waals surface area contributed by atoms with E-state index < -0.39 is 0 Å². The summed E-state index contributed by atoms with van der Waals surface area (Å²) in [7, 11) is 1.79. The second kappa shape index (κ2) is 5.57. The third kappa shape index (κ3) is 3.04. The zero-order valence-corrected chi connectivity index (χ0v) is 11.7. The average Bonchev–Trinajstić information content (AvgIpc) is 2.86. The highest BCUT2D eigenvalue weighted by Gasteiger charge is 2.29. The minimum Gasteiger partial charge on any atom is -0.393 e. The van der Waals surface area contributed by atoms with Crippen molar-refractivity contribution in [3.05, 3.63) is 23.4 Å². The third-order valence-electron chi connectivity index (χ3n) is 3.65. The molecule has 5 nitrogen and oxygen atoms in total. The van der Waals surface area contributed by atoms with Gasteiger partial charge in [0.1, 0.15) is 5.82 Å². The van der Waals surface area contributed by atoms with Crippen molar-refractivity contribution < 1.29 is 9.90 Å². The van der Waals surface area contributed by atoms with Crippen LogP contribution in [-0.2, 0) is 0 Å². The Labute approximate surface area is 113 Å². The van der Waals surface area contributed by atoms with Crippen LogP contribution in [-0.4, -0.2) is 47.1 Å². The minimum atomic E-state index is -0.357. The Morgan fingerprint density at radius 3 is 2.89 bits per heavy atom. The molecule has 1 aliphatic rings. The number of hydrogen-bond acceptors (Lipinski definition) is 4. The van der Waals surface area contributed by atoms with Crippen LogP contribution >= 0.6 is 0 Å². The SMILES string of the molecule is CNc1cc(C(=O)N2CCC(C(C)O)C2)cc(C)n1. The topological polar surface area (TPSA) is 65.5 Å². The number of aryl methyl sites for hydroxylation is 1. The highest BCUT2D eigenvalue weighted by molar-refractivity contribution is 5.95. The van der Waals surface area contributed by atoms with E-state index in [4.69, 9.17) is 0 Å². The fourth-order valence-corrected chi connectivity index (χ4v) is 2.47. The predicted molar refractivity (Wildman–Crippen MR) is 74.2 cm³/mol. The first-order valence-electron chi connectivity index (χ1n) is 6.65. The lowest BCUT2D eigenvalue weighted by molar-refractivity contribution is 0.0762. The fraction of sp³-hybridized carbons (Fsp3) is 0.571. The molecule has 1 aromatic rings. The number of anilines is 1. The number of likely N-dealkylation sites (tertiary alicyclic amines) is 1. The minimum absolute atomic E-state index is 0.0187. The molecule has 0 spiro atoms. The molecule has 2 heterocycles. The Hall–Kier alpha value is -1.62. The number of hydrogen-bond donors (Lipinski definition) is 2. The summed E-state index contributed by atoms with van der Waals surface area (Å²) >= 11 is 0. The lowest BCUT2D eigenvalue weighted by Crippen LogP contribution is -2.30. The molecule has 1 aromatic heterocycles. The van der Waals surface area contributed by atoms with Crippen molar-refractivity contribution in [2.24, 2.45) is 5.92 Å². The number of carbonyl (C=O) groups excluding carboxylic acids is 1. The van der Waals surface area contributed by atoms with Gasteiger partial charge in [-0.15, -0.1) is 0 Å². The van der Waals surface area contributed by atoms with Crippen molar-refractivity contribution in [3.8, 4) is 0 Å². The summed E-state index contributed by atoms with van der Waals surface area (Å²) in [5.74, 6) is 0.912. The maximum Gasteiger partial charge on any atom is 0.254 e. The van der Waals surface area contributed by atoms with E-state index in [0.29, 0.717) is 24.5 Å². The highest BCUT2D eigenvalue weighted by Crippen LogP contribution is 2.22. The summed E-state index contributed by atoms with van der Waals surface area (Å²) in [6.45, 7) is 5.01. The summed E-state index contributed by atoms with van der Waals surface area (Å²) in [5, 5.41) is 12.5. The van der Waals surface area contributed by atoms with Crippen molar-refractivity contribution >= 4 is 11.7 Å². The van der Waals surface area contributed by atoms with Crippen LogP contribution in [0, 0.1) is 12.8 Å². The molecule has 19 heavy (non-hydrogen) atoms. The van der Waals surface area contributed by atoms with Crippen LogP contribution < -0.4 is 5.32 Å². The second-order valence-electron chi connectivity index (χ2n) is 5.17. The van der Waals surface area contributed by atoms with E-state index in [0.717, 1.165) is 12.1 Å². The largest absolute Gasteiger partial charge is 0.393 e. The van der Waals surface area contributed by atoms with Crippen LogP contribution in [0.1, 0.15) is 29.4 Å². The Morgan fingerprint density at radius 2 is 2.32 bits per heavy atom. The molecule has 1 saturated heterocycles. The summed E-state index contributed by atoms with van der Waals surface area (Å²) in [5.41, 5.74) is 1.48. The molecule has 5 heteroatoms. The number of amides is 1. The molecule has 0 aliphatic carbocycles. The molecule has 0 aromatic carbocycles. The highest BCUT2D eigenvalue weighted by atomic mass is 16.3. The number of nitrogens with zero attached hydrogens (tertiary/aromatic N) is 2. The first kappa shape index (κ1) is 13.8. The molecule has 2 atom stereocenters. The number of aliphatic hydroxyl groups is 1. The van der Waals surface area contributed by atoms with Gasteiger partial charge in [-0.25, -0.2) is 4.98 Å². The van der Waals surface area contributed by atoms with Crippen LogP contribution in [0.4, 0.5) is 5.82 Å². The van der Waals surface area contributed by atoms with Gasteiger partial charge in [-0.2, -0.15) is 0 Å². The maximum atomic E-state index is 12.4. The Balaban J connectivity index is 2.14. The van der Waals surface area contributed by atoms with Gasteiger partial charge >= 0.3 is 0 Å². The first-order valence-corrected chi connectivity index (χ1v) is 6.65. The van der Waals surface area contributed by atoms with Gasteiger partial charge in [0.25, 0.3) is 5.91 Å². The molecule has 0 bridgehead atoms. The molecule has 0 saturated carbocycles. The maximum absolute atomic E-state index is 12.4. The lowest BCUT2D eigenvalue weighted by atomic mass is 10.0. The van der Waals surface area contributed by atoms with Crippen LogP contribution in [0.5, 0.6) is 0 Å². The van der Waals surface area contributed by atoms with Crippen LogP contribution in [0.3, 0.4) is 0 Å². The monoisotopic (exact) mass is 263 g/mol. The van der Waals surface area contributed by atoms with Gasteiger partial charge in [-0.05, 0) is 32.4 Å². The van der Waals surface area contributed by atoms with E-state index in [1.54, 1.807) is 26.1 Å². The number of carbonyl (C=O) groups is 1. The zero-order chi connectivity index (χ0) is 14.0. The van der Waals surface area contributed by atoms with Crippen molar-refractivity contribution in [2.75, 3.05) is 25.5 Å². The van der Waals surface area contributed by atoms with Crippen LogP contribution in [0.15, 0.2) is 12.1 Å². The van der Waals surface area contributed by atoms with E-state index >= 15 is 0 Å². The Kier molecular flexibility index (Phi) is 4.04. The lowest BCUT2D eigenvalue weighted by Gasteiger charge is -2.18. The molecule has 0 radical (unpaired) electrons. The fourth-order valence-electron chi connectivity index (χ4n) is 2.47. The van der Waals surface area contributed by atoms with Crippen molar-refractivity contribution in [2.45, 2.75) is 26.4 Å². The normalized spacial score (nSPS) is 20.4. The van der Waals surface area contributed by atoms with Crippen LogP contribution in [0.25, 0.3) is 0 Å². The van der Waals surface area contributed by atoms with E-state index in [2.05, 4.69) is 10.3 Å². The van der Waals surface area contributed by atoms with Gasteiger partial charge in [0, 0.05) is 37.3 Å². The number of rotatable bonds is 3. The van der Waals surface area contributed by atoms with E-state index in [-0.39, 0.29) is 17.9 Å². The number of aromatic nitrogens is 1. The summed E-state index contributed by atoms with van der Waals surface area (Å²) in [6.07, 6.45) is 0.511. The van der Waals surface area contributed by atoms with Gasteiger partial charge in [0.05, 0.1) is 6.10 Å². The van der Waals surface area contributed by atoms with E-state index in [1.165, 1.54) is 0 Å². The summed E-state index contributed by atoms with van der Waals surface area (Å²) in [4.78, 5) is 18.5. The van der Waals surface area contributed by atoms with Gasteiger partial charge in [-0.1, -0.05) is 0 Å². The molecule has 1 aliphatic heterocycles. The first-order chi connectivity index (χ1) is 9.01. The molecule has 1 amide bonds. The van der Waals surface area contributed by atoms with E-state index in [1.807, 2.05) is 11.8 Å². The van der Waals surface area contributed by atoms with Gasteiger partial charge in [-0.3, -0.25) is 4.79 Å². The van der Waals surface area contributed by atoms with Gasteiger partial charge in [0.15, 0.2) is 0 Å². The Bertz CT molecular complexity index is 474. The molecule has 104 valence electrons. The molecular weight excluding hydrogens is 242 g/mol. The molecular formula is C14H21N3O2. The zero-order valence-electron chi connectivity index (χ0n) is 11.7. The summed E-state index contributed by atoms with van der Waals surface area (Å²) < 4.78 is 0. The third-order valence-corrected chi connectivity index (χ3v) is 3.65. The number of pyridine rings is 1. The summed E-state index contributed by atoms with van der Waals surface area (Å²) in [6, 6.07) is 3.57. The van der Waals surface area contributed by atoms with Crippen molar-refractivity contribution in [1.29, 1.82) is 0 Å². The molecule has 2 rings (SSSR count). The standard InChI is InChI=1S/C14H21N3O2/c1-9-6-12(7-13(15-3)16-9)14(19)17-5-4-11(8-17)10(2)18/h6-7,10-11,18H,4-5,8H2,1-3H3,(H,15,16). The number of nitrogens with one attached hydrogen (secondary N) is 1. The average molecular weight is 263 g/mol. The second-order valence-corrected chi connectivity index (χ2v) is 5.17. The Morgan fingerprint density at radius 1 is 1.58 bits per heavy atom. The van der Waals surface area contributed by atoms with Gasteiger partial charge < -0.3 is 15.3 Å². The molecule has 1 fully saturated rings.